The normalized spacial score (nSPS) is 12.6. The van der Waals surface area contributed by atoms with E-state index >= 15 is 0 Å². The Morgan fingerprint density at radius 3 is 2.47 bits per heavy atom. The van der Waals surface area contributed by atoms with Crippen molar-refractivity contribution in [2.24, 2.45) is 5.16 Å². The lowest BCUT2D eigenvalue weighted by Gasteiger charge is -2.27. The highest BCUT2D eigenvalue weighted by Crippen LogP contribution is 2.18. The van der Waals surface area contributed by atoms with Crippen LogP contribution in [0.25, 0.3) is 0 Å². The number of oxime groups is 1. The van der Waals surface area contributed by atoms with E-state index in [4.69, 9.17) is 5.21 Å². The van der Waals surface area contributed by atoms with Gasteiger partial charge >= 0.3 is 0 Å². The van der Waals surface area contributed by atoms with Gasteiger partial charge in [0.15, 0.2) is 0 Å². The van der Waals surface area contributed by atoms with Gasteiger partial charge in [0.1, 0.15) is 0 Å². The van der Waals surface area contributed by atoms with Crippen LogP contribution in [0.4, 0.5) is 5.69 Å². The van der Waals surface area contributed by atoms with E-state index < -0.39 is 0 Å². The lowest BCUT2D eigenvalue weighted by Crippen LogP contribution is -2.33. The van der Waals surface area contributed by atoms with Gasteiger partial charge in [-0.25, -0.2) is 0 Å². The Hall–Kier alpha value is -1.51. The van der Waals surface area contributed by atoms with Crippen molar-refractivity contribution >= 4 is 11.4 Å². The van der Waals surface area contributed by atoms with Gasteiger partial charge in [0, 0.05) is 17.6 Å². The smallest absolute Gasteiger partial charge is 0.0563 e. The Morgan fingerprint density at radius 1 is 1.33 bits per heavy atom. The first-order chi connectivity index (χ1) is 7.03. The molecule has 0 fully saturated rings. The molecule has 1 aromatic rings. The van der Waals surface area contributed by atoms with Gasteiger partial charge in [-0.3, -0.25) is 0 Å². The largest absolute Gasteiger partial charge is 0.411 e. The molecule has 1 aromatic carbocycles. The minimum absolute atomic E-state index is 0.113. The first kappa shape index (κ1) is 11.6. The van der Waals surface area contributed by atoms with Crippen LogP contribution < -0.4 is 5.32 Å². The number of rotatable bonds is 4. The Bertz CT molecular complexity index is 331. The van der Waals surface area contributed by atoms with Crippen molar-refractivity contribution in [3.05, 3.63) is 30.3 Å². The summed E-state index contributed by atoms with van der Waals surface area (Å²) in [4.78, 5) is 0. The molecule has 2 N–H and O–H groups in total. The maximum absolute atomic E-state index is 8.62. The summed E-state index contributed by atoms with van der Waals surface area (Å²) in [5.41, 5.74) is 1.69. The van der Waals surface area contributed by atoms with Crippen molar-refractivity contribution in [3.8, 4) is 0 Å². The maximum atomic E-state index is 8.62. The van der Waals surface area contributed by atoms with E-state index in [1.165, 1.54) is 0 Å². The third-order valence-corrected chi connectivity index (χ3v) is 2.13. The zero-order chi connectivity index (χ0) is 11.3. The molecule has 3 heteroatoms. The van der Waals surface area contributed by atoms with Crippen LogP contribution >= 0.6 is 0 Å². The van der Waals surface area contributed by atoms with Crippen molar-refractivity contribution in [1.82, 2.24) is 0 Å². The summed E-state index contributed by atoms with van der Waals surface area (Å²) in [5, 5.41) is 15.2. The highest BCUT2D eigenvalue weighted by atomic mass is 16.4. The minimum Gasteiger partial charge on any atom is -0.411 e. The first-order valence-electron chi connectivity index (χ1n) is 5.04. The van der Waals surface area contributed by atoms with Crippen LogP contribution in [-0.2, 0) is 0 Å². The number of para-hydroxylation sites is 1. The molecule has 0 spiro atoms. The van der Waals surface area contributed by atoms with Gasteiger partial charge in [-0.1, -0.05) is 23.4 Å². The van der Waals surface area contributed by atoms with E-state index in [0.29, 0.717) is 6.42 Å². The lowest BCUT2D eigenvalue weighted by molar-refractivity contribution is 0.316. The standard InChI is InChI=1S/C12H18N2O/c1-10(14-15)9-12(2,3)13-11-7-5-4-6-8-11/h4-8,13,15H,9H2,1-3H3/b14-10-. The van der Waals surface area contributed by atoms with Crippen molar-refractivity contribution in [2.45, 2.75) is 32.7 Å². The molecule has 0 unspecified atom stereocenters. The van der Waals surface area contributed by atoms with Crippen molar-refractivity contribution in [2.75, 3.05) is 5.32 Å². The molecule has 0 bridgehead atoms. The number of hydrogen-bond donors (Lipinski definition) is 2. The van der Waals surface area contributed by atoms with Gasteiger partial charge < -0.3 is 10.5 Å². The fraction of sp³-hybridized carbons (Fsp3) is 0.417. The maximum Gasteiger partial charge on any atom is 0.0563 e. The highest BCUT2D eigenvalue weighted by Gasteiger charge is 2.18. The molecule has 82 valence electrons. The van der Waals surface area contributed by atoms with Crippen LogP contribution in [0.5, 0.6) is 0 Å². The van der Waals surface area contributed by atoms with Crippen LogP contribution in [0.1, 0.15) is 27.2 Å². The van der Waals surface area contributed by atoms with Gasteiger partial charge in [0.2, 0.25) is 0 Å². The fourth-order valence-corrected chi connectivity index (χ4v) is 1.63. The molecule has 15 heavy (non-hydrogen) atoms. The topological polar surface area (TPSA) is 44.6 Å². The van der Waals surface area contributed by atoms with Crippen molar-refractivity contribution in [3.63, 3.8) is 0 Å². The predicted octanol–water partition coefficient (Wildman–Crippen LogP) is 3.12. The number of nitrogens with one attached hydrogen (secondary N) is 1. The van der Waals surface area contributed by atoms with Gasteiger partial charge in [-0.2, -0.15) is 0 Å². The quantitative estimate of drug-likeness (QED) is 0.451. The van der Waals surface area contributed by atoms with Gasteiger partial charge in [-0.05, 0) is 32.9 Å². The molecule has 0 saturated heterocycles. The fourth-order valence-electron chi connectivity index (χ4n) is 1.63. The van der Waals surface area contributed by atoms with Crippen LogP contribution in [0.2, 0.25) is 0 Å². The summed E-state index contributed by atoms with van der Waals surface area (Å²) in [6.45, 7) is 5.97. The second kappa shape index (κ2) is 4.82. The zero-order valence-corrected chi connectivity index (χ0v) is 9.49. The lowest BCUT2D eigenvalue weighted by atomic mass is 9.97. The molecule has 0 aliphatic carbocycles. The van der Waals surface area contributed by atoms with Gasteiger partial charge in [-0.15, -0.1) is 0 Å². The second-order valence-electron chi connectivity index (χ2n) is 4.39. The summed E-state index contributed by atoms with van der Waals surface area (Å²) in [6, 6.07) is 10.0. The summed E-state index contributed by atoms with van der Waals surface area (Å²) < 4.78 is 0. The predicted molar refractivity (Wildman–Crippen MR) is 63.7 cm³/mol. The molecule has 1 rings (SSSR count). The van der Waals surface area contributed by atoms with Gasteiger partial charge in [0.25, 0.3) is 0 Å². The Morgan fingerprint density at radius 2 is 1.93 bits per heavy atom. The van der Waals surface area contributed by atoms with E-state index in [1.807, 2.05) is 37.3 Å². The zero-order valence-electron chi connectivity index (χ0n) is 9.49. The molecular weight excluding hydrogens is 188 g/mol. The summed E-state index contributed by atoms with van der Waals surface area (Å²) in [7, 11) is 0. The van der Waals surface area contributed by atoms with Crippen LogP contribution in [0.3, 0.4) is 0 Å². The molecule has 0 saturated carbocycles. The SMILES string of the molecule is C/C(CC(C)(C)Nc1ccccc1)=N/O. The molecule has 0 aromatic heterocycles. The third kappa shape index (κ3) is 4.02. The van der Waals surface area contributed by atoms with E-state index in [1.54, 1.807) is 0 Å². The molecular formula is C12H18N2O. The van der Waals surface area contributed by atoms with Crippen LogP contribution in [0.15, 0.2) is 35.5 Å². The van der Waals surface area contributed by atoms with Crippen molar-refractivity contribution in [1.29, 1.82) is 0 Å². The second-order valence-corrected chi connectivity index (χ2v) is 4.39. The molecule has 0 aliphatic heterocycles. The number of hydrogen-bond acceptors (Lipinski definition) is 3. The van der Waals surface area contributed by atoms with Crippen molar-refractivity contribution < 1.29 is 5.21 Å². The average Bonchev–Trinajstić information content (AvgIpc) is 2.17. The molecule has 0 heterocycles. The highest BCUT2D eigenvalue weighted by molar-refractivity contribution is 5.82. The molecule has 0 radical (unpaired) electrons. The summed E-state index contributed by atoms with van der Waals surface area (Å²) in [6.07, 6.45) is 0.707. The first-order valence-corrected chi connectivity index (χ1v) is 5.04. The van der Waals surface area contributed by atoms with E-state index in [9.17, 15) is 0 Å². The van der Waals surface area contributed by atoms with E-state index in [0.717, 1.165) is 11.4 Å². The summed E-state index contributed by atoms with van der Waals surface area (Å²) in [5.74, 6) is 0. The molecule has 0 amide bonds. The van der Waals surface area contributed by atoms with Crippen LogP contribution in [-0.4, -0.2) is 16.5 Å². The average molecular weight is 206 g/mol. The Kier molecular flexibility index (Phi) is 3.72. The van der Waals surface area contributed by atoms with E-state index in [2.05, 4.69) is 24.3 Å². The molecule has 3 nitrogen and oxygen atoms in total. The monoisotopic (exact) mass is 206 g/mol. The van der Waals surface area contributed by atoms with Gasteiger partial charge in [0.05, 0.1) is 5.71 Å². The van der Waals surface area contributed by atoms with Crippen LogP contribution in [0, 0.1) is 0 Å². The molecule has 0 aliphatic rings. The Balaban J connectivity index is 2.64. The number of anilines is 1. The molecule has 0 atom stereocenters. The minimum atomic E-state index is -0.113. The third-order valence-electron chi connectivity index (χ3n) is 2.13. The summed E-state index contributed by atoms with van der Waals surface area (Å²) >= 11 is 0. The number of nitrogens with zero attached hydrogens (tertiary/aromatic N) is 1. The number of benzene rings is 1. The Labute approximate surface area is 90.8 Å². The van der Waals surface area contributed by atoms with E-state index in [-0.39, 0.29) is 5.54 Å².